The van der Waals surface area contributed by atoms with Crippen molar-refractivity contribution in [3.05, 3.63) is 24.2 Å². The molecule has 21 heavy (non-hydrogen) atoms. The number of alkyl carbamates (subject to hydrolysis) is 1. The molecule has 1 rings (SSSR count). The number of furan rings is 1. The molecule has 0 fully saturated rings. The highest BCUT2D eigenvalue weighted by Gasteiger charge is 2.19. The molecule has 0 radical (unpaired) electrons. The summed E-state index contributed by atoms with van der Waals surface area (Å²) >= 11 is 0. The smallest absolute Gasteiger partial charge is 0.407 e. The van der Waals surface area contributed by atoms with Crippen LogP contribution in [0, 0.1) is 0 Å². The Morgan fingerprint density at radius 2 is 2.14 bits per heavy atom. The van der Waals surface area contributed by atoms with E-state index in [9.17, 15) is 4.79 Å². The topological polar surface area (TPSA) is 63.5 Å². The maximum atomic E-state index is 11.7. The van der Waals surface area contributed by atoms with Crippen molar-refractivity contribution in [2.75, 3.05) is 6.54 Å². The highest BCUT2D eigenvalue weighted by molar-refractivity contribution is 5.67. The third kappa shape index (κ3) is 7.18. The zero-order valence-corrected chi connectivity index (χ0v) is 13.7. The summed E-state index contributed by atoms with van der Waals surface area (Å²) in [6.07, 6.45) is 3.30. The van der Waals surface area contributed by atoms with Crippen molar-refractivity contribution in [1.29, 1.82) is 0 Å². The summed E-state index contributed by atoms with van der Waals surface area (Å²) in [7, 11) is 0. The number of hydrogen-bond acceptors (Lipinski definition) is 4. The van der Waals surface area contributed by atoms with E-state index in [0.29, 0.717) is 6.54 Å². The molecule has 0 aliphatic heterocycles. The van der Waals surface area contributed by atoms with Crippen LogP contribution in [-0.2, 0) is 4.74 Å². The van der Waals surface area contributed by atoms with Crippen LogP contribution in [0.1, 0.15) is 59.3 Å². The summed E-state index contributed by atoms with van der Waals surface area (Å²) in [6.45, 7) is 10.3. The first kappa shape index (κ1) is 17.6. The molecule has 0 aromatic carbocycles. The van der Waals surface area contributed by atoms with E-state index < -0.39 is 5.60 Å². The fourth-order valence-electron chi connectivity index (χ4n) is 2.09. The van der Waals surface area contributed by atoms with E-state index >= 15 is 0 Å². The van der Waals surface area contributed by atoms with Gasteiger partial charge in [-0.3, -0.25) is 0 Å². The maximum Gasteiger partial charge on any atom is 0.407 e. The minimum absolute atomic E-state index is 0.108. The first-order valence-electron chi connectivity index (χ1n) is 7.58. The fraction of sp³-hybridized carbons (Fsp3) is 0.688. The van der Waals surface area contributed by atoms with Crippen LogP contribution >= 0.6 is 0 Å². The van der Waals surface area contributed by atoms with Crippen LogP contribution in [0.2, 0.25) is 0 Å². The molecule has 2 atom stereocenters. The predicted molar refractivity (Wildman–Crippen MR) is 83.2 cm³/mol. The summed E-state index contributed by atoms with van der Waals surface area (Å²) in [5, 5.41) is 6.29. The van der Waals surface area contributed by atoms with Gasteiger partial charge in [-0.25, -0.2) is 4.79 Å². The lowest BCUT2D eigenvalue weighted by atomic mass is 10.1. The second-order valence-corrected chi connectivity index (χ2v) is 6.27. The van der Waals surface area contributed by atoms with Gasteiger partial charge in [0, 0.05) is 12.6 Å². The molecule has 0 aliphatic carbocycles. The van der Waals surface area contributed by atoms with E-state index in [1.807, 2.05) is 32.9 Å². The summed E-state index contributed by atoms with van der Waals surface area (Å²) in [4.78, 5) is 11.7. The van der Waals surface area contributed by atoms with Crippen molar-refractivity contribution in [3.8, 4) is 0 Å². The minimum atomic E-state index is -0.473. The number of amides is 1. The molecule has 0 spiro atoms. The van der Waals surface area contributed by atoms with Gasteiger partial charge in [0.15, 0.2) is 0 Å². The van der Waals surface area contributed by atoms with Crippen LogP contribution in [0.3, 0.4) is 0 Å². The number of carbonyl (C=O) groups excluding carboxylic acids is 1. The van der Waals surface area contributed by atoms with Crippen molar-refractivity contribution >= 4 is 6.09 Å². The molecular weight excluding hydrogens is 268 g/mol. The molecule has 120 valence electrons. The largest absolute Gasteiger partial charge is 0.468 e. The van der Waals surface area contributed by atoms with Crippen molar-refractivity contribution in [1.82, 2.24) is 10.6 Å². The van der Waals surface area contributed by atoms with E-state index in [2.05, 4.69) is 24.5 Å². The number of rotatable bonds is 7. The first-order chi connectivity index (χ1) is 9.81. The van der Waals surface area contributed by atoms with Gasteiger partial charge in [-0.15, -0.1) is 0 Å². The quantitative estimate of drug-likeness (QED) is 0.806. The molecule has 1 aromatic rings. The van der Waals surface area contributed by atoms with E-state index in [0.717, 1.165) is 18.6 Å². The summed E-state index contributed by atoms with van der Waals surface area (Å²) in [5.41, 5.74) is -0.473. The van der Waals surface area contributed by atoms with Gasteiger partial charge in [0.25, 0.3) is 0 Å². The lowest BCUT2D eigenvalue weighted by molar-refractivity contribution is 0.0521. The molecule has 5 heteroatoms. The van der Waals surface area contributed by atoms with E-state index in [1.165, 1.54) is 0 Å². The molecule has 1 aromatic heterocycles. The predicted octanol–water partition coefficient (Wildman–Crippen LogP) is 3.62. The van der Waals surface area contributed by atoms with Crippen molar-refractivity contribution < 1.29 is 13.9 Å². The summed E-state index contributed by atoms with van der Waals surface area (Å²) in [5.74, 6) is 0.897. The Labute approximate surface area is 127 Å². The Kier molecular flexibility index (Phi) is 6.75. The fourth-order valence-corrected chi connectivity index (χ4v) is 2.09. The molecule has 5 nitrogen and oxygen atoms in total. The normalized spacial score (nSPS) is 14.5. The van der Waals surface area contributed by atoms with Crippen LogP contribution in [0.15, 0.2) is 22.8 Å². The van der Waals surface area contributed by atoms with Crippen LogP contribution in [0.5, 0.6) is 0 Å². The van der Waals surface area contributed by atoms with E-state index in [1.54, 1.807) is 6.26 Å². The van der Waals surface area contributed by atoms with Gasteiger partial charge in [0.2, 0.25) is 0 Å². The average Bonchev–Trinajstić information content (AvgIpc) is 2.88. The van der Waals surface area contributed by atoms with E-state index in [-0.39, 0.29) is 18.2 Å². The molecule has 0 saturated carbocycles. The van der Waals surface area contributed by atoms with Crippen LogP contribution < -0.4 is 10.6 Å². The third-order valence-electron chi connectivity index (χ3n) is 2.98. The van der Waals surface area contributed by atoms with Crippen molar-refractivity contribution in [2.24, 2.45) is 0 Å². The lowest BCUT2D eigenvalue weighted by Gasteiger charge is -2.24. The Hall–Kier alpha value is -1.49. The van der Waals surface area contributed by atoms with Crippen LogP contribution in [0.4, 0.5) is 4.79 Å². The number of carbonyl (C=O) groups is 1. The Balaban J connectivity index is 2.44. The van der Waals surface area contributed by atoms with Crippen LogP contribution in [-0.4, -0.2) is 24.3 Å². The summed E-state index contributed by atoms with van der Waals surface area (Å²) < 4.78 is 10.6. The zero-order valence-electron chi connectivity index (χ0n) is 13.7. The van der Waals surface area contributed by atoms with Gasteiger partial charge < -0.3 is 19.8 Å². The van der Waals surface area contributed by atoms with Crippen molar-refractivity contribution in [3.63, 3.8) is 0 Å². The monoisotopic (exact) mass is 296 g/mol. The number of ether oxygens (including phenoxy) is 1. The standard InChI is InChI=1S/C16H28N2O3/c1-6-8-13(11-17-15(19)21-16(3,4)5)18-12(2)14-9-7-10-20-14/h7,9-10,12-13,18H,6,8,11H2,1-5H3,(H,17,19). The molecule has 1 heterocycles. The number of hydrogen-bond donors (Lipinski definition) is 2. The highest BCUT2D eigenvalue weighted by Crippen LogP contribution is 2.14. The Morgan fingerprint density at radius 1 is 1.43 bits per heavy atom. The molecule has 2 unspecified atom stereocenters. The molecule has 2 N–H and O–H groups in total. The van der Waals surface area contributed by atoms with Gasteiger partial charge in [-0.05, 0) is 46.2 Å². The maximum absolute atomic E-state index is 11.7. The van der Waals surface area contributed by atoms with Crippen LogP contribution in [0.25, 0.3) is 0 Å². The van der Waals surface area contributed by atoms with Gasteiger partial charge in [-0.2, -0.15) is 0 Å². The lowest BCUT2D eigenvalue weighted by Crippen LogP contribution is -2.43. The summed E-state index contributed by atoms with van der Waals surface area (Å²) in [6, 6.07) is 4.11. The highest BCUT2D eigenvalue weighted by atomic mass is 16.6. The second kappa shape index (κ2) is 8.08. The minimum Gasteiger partial charge on any atom is -0.468 e. The molecular formula is C16H28N2O3. The van der Waals surface area contributed by atoms with Crippen molar-refractivity contribution in [2.45, 2.75) is 65.1 Å². The number of nitrogens with one attached hydrogen (secondary N) is 2. The van der Waals surface area contributed by atoms with Gasteiger partial charge in [-0.1, -0.05) is 13.3 Å². The zero-order chi connectivity index (χ0) is 15.9. The SMILES string of the molecule is CCCC(CNC(=O)OC(C)(C)C)NC(C)c1ccco1. The second-order valence-electron chi connectivity index (χ2n) is 6.27. The molecule has 1 amide bonds. The molecule has 0 aliphatic rings. The van der Waals surface area contributed by atoms with Gasteiger partial charge in [0.05, 0.1) is 12.3 Å². The van der Waals surface area contributed by atoms with E-state index in [4.69, 9.17) is 9.15 Å². The Morgan fingerprint density at radius 3 is 2.67 bits per heavy atom. The molecule has 0 bridgehead atoms. The first-order valence-corrected chi connectivity index (χ1v) is 7.58. The average molecular weight is 296 g/mol. The third-order valence-corrected chi connectivity index (χ3v) is 2.98. The van der Waals surface area contributed by atoms with Gasteiger partial charge >= 0.3 is 6.09 Å². The molecule has 0 saturated heterocycles. The van der Waals surface area contributed by atoms with Gasteiger partial charge in [0.1, 0.15) is 11.4 Å². The Bertz CT molecular complexity index is 410.